The number of likely N-dealkylation sites (N-methyl/N-ethyl adjacent to an activating group) is 1. The highest BCUT2D eigenvalue weighted by atomic mass is 16.2. The molecule has 19 heavy (non-hydrogen) atoms. The van der Waals surface area contributed by atoms with E-state index in [2.05, 4.69) is 17.1 Å². The Hall–Kier alpha value is -0.610. The van der Waals surface area contributed by atoms with Crippen LogP contribution in [-0.2, 0) is 4.79 Å². The lowest BCUT2D eigenvalue weighted by molar-refractivity contribution is -0.124. The summed E-state index contributed by atoms with van der Waals surface area (Å²) < 4.78 is 0. The summed E-state index contributed by atoms with van der Waals surface area (Å²) in [6.45, 7) is 5.11. The van der Waals surface area contributed by atoms with Gasteiger partial charge in [0.05, 0.1) is 6.54 Å². The Morgan fingerprint density at radius 3 is 2.53 bits per heavy atom. The molecule has 2 aliphatic rings. The van der Waals surface area contributed by atoms with E-state index < -0.39 is 0 Å². The van der Waals surface area contributed by atoms with Gasteiger partial charge in [-0.15, -0.1) is 0 Å². The molecule has 0 aliphatic heterocycles. The Morgan fingerprint density at radius 2 is 2.00 bits per heavy atom. The lowest BCUT2D eigenvalue weighted by atomic mass is 9.80. The Balaban J connectivity index is 1.87. The van der Waals surface area contributed by atoms with Gasteiger partial charge in [-0.1, -0.05) is 26.2 Å². The topological polar surface area (TPSA) is 58.4 Å². The molecule has 0 unspecified atom stereocenters. The van der Waals surface area contributed by atoms with E-state index in [-0.39, 0.29) is 11.4 Å². The molecule has 2 fully saturated rings. The second-order valence-corrected chi connectivity index (χ2v) is 6.25. The standard InChI is InChI=1S/C15H29N3O/c1-2-18(11-14(19)17-10-13-6-7-13)15(12-16)8-4-3-5-9-15/h13H,2-12,16H2,1H3,(H,17,19). The Labute approximate surface area is 117 Å². The zero-order chi connectivity index (χ0) is 13.7. The van der Waals surface area contributed by atoms with E-state index in [9.17, 15) is 4.79 Å². The highest BCUT2D eigenvalue weighted by Crippen LogP contribution is 2.32. The van der Waals surface area contributed by atoms with Crippen molar-refractivity contribution in [1.29, 1.82) is 0 Å². The first-order valence-electron chi connectivity index (χ1n) is 7.92. The summed E-state index contributed by atoms with van der Waals surface area (Å²) >= 11 is 0. The van der Waals surface area contributed by atoms with Crippen molar-refractivity contribution < 1.29 is 4.79 Å². The predicted octanol–water partition coefficient (Wildman–Crippen LogP) is 1.50. The molecule has 2 aliphatic carbocycles. The Bertz CT molecular complexity index is 296. The molecule has 0 bridgehead atoms. The summed E-state index contributed by atoms with van der Waals surface area (Å²) in [6.07, 6.45) is 8.66. The third-order valence-electron chi connectivity index (χ3n) is 4.84. The average molecular weight is 267 g/mol. The van der Waals surface area contributed by atoms with E-state index in [4.69, 9.17) is 5.73 Å². The van der Waals surface area contributed by atoms with Gasteiger partial charge in [-0.2, -0.15) is 0 Å². The molecular weight excluding hydrogens is 238 g/mol. The number of nitrogens with two attached hydrogens (primary N) is 1. The van der Waals surface area contributed by atoms with Crippen molar-refractivity contribution >= 4 is 5.91 Å². The van der Waals surface area contributed by atoms with Crippen LogP contribution in [0.1, 0.15) is 51.9 Å². The van der Waals surface area contributed by atoms with Gasteiger partial charge >= 0.3 is 0 Å². The predicted molar refractivity (Wildman–Crippen MR) is 77.9 cm³/mol. The lowest BCUT2D eigenvalue weighted by Gasteiger charge is -2.45. The Morgan fingerprint density at radius 1 is 1.32 bits per heavy atom. The van der Waals surface area contributed by atoms with Crippen LogP contribution in [0.2, 0.25) is 0 Å². The van der Waals surface area contributed by atoms with Gasteiger partial charge in [0.2, 0.25) is 5.91 Å². The van der Waals surface area contributed by atoms with Crippen molar-refractivity contribution in [1.82, 2.24) is 10.2 Å². The number of hydrogen-bond donors (Lipinski definition) is 2. The molecule has 0 spiro atoms. The number of carbonyl (C=O) groups excluding carboxylic acids is 1. The largest absolute Gasteiger partial charge is 0.355 e. The van der Waals surface area contributed by atoms with Crippen LogP contribution in [0.25, 0.3) is 0 Å². The number of hydrogen-bond acceptors (Lipinski definition) is 3. The first-order valence-corrected chi connectivity index (χ1v) is 7.92. The number of amides is 1. The quantitative estimate of drug-likeness (QED) is 0.735. The van der Waals surface area contributed by atoms with Gasteiger partial charge in [0.25, 0.3) is 0 Å². The molecule has 1 amide bonds. The van der Waals surface area contributed by atoms with Crippen LogP contribution in [0, 0.1) is 5.92 Å². The number of nitrogens with zero attached hydrogens (tertiary/aromatic N) is 1. The minimum Gasteiger partial charge on any atom is -0.355 e. The fourth-order valence-electron chi connectivity index (χ4n) is 3.28. The maximum Gasteiger partial charge on any atom is 0.234 e. The third kappa shape index (κ3) is 3.93. The summed E-state index contributed by atoms with van der Waals surface area (Å²) in [7, 11) is 0. The summed E-state index contributed by atoms with van der Waals surface area (Å²) in [4.78, 5) is 14.4. The summed E-state index contributed by atoms with van der Waals surface area (Å²) in [6, 6.07) is 0. The van der Waals surface area contributed by atoms with Crippen molar-refractivity contribution in [3.8, 4) is 0 Å². The molecule has 0 aromatic carbocycles. The molecular formula is C15H29N3O. The fraction of sp³-hybridized carbons (Fsp3) is 0.933. The van der Waals surface area contributed by atoms with E-state index in [0.717, 1.165) is 31.8 Å². The Kier molecular flexibility index (Phi) is 5.22. The van der Waals surface area contributed by atoms with Gasteiger partial charge in [-0.25, -0.2) is 0 Å². The first kappa shape index (κ1) is 14.8. The normalized spacial score (nSPS) is 22.5. The molecule has 0 aromatic heterocycles. The van der Waals surface area contributed by atoms with Gasteiger partial charge in [-0.05, 0) is 38.1 Å². The van der Waals surface area contributed by atoms with Crippen LogP contribution < -0.4 is 11.1 Å². The van der Waals surface area contributed by atoms with Crippen molar-refractivity contribution in [3.63, 3.8) is 0 Å². The van der Waals surface area contributed by atoms with Gasteiger partial charge in [0.1, 0.15) is 0 Å². The van der Waals surface area contributed by atoms with Gasteiger partial charge in [0, 0.05) is 18.6 Å². The molecule has 3 N–H and O–H groups in total. The van der Waals surface area contributed by atoms with E-state index in [1.807, 2.05) is 0 Å². The van der Waals surface area contributed by atoms with Crippen LogP contribution in [-0.4, -0.2) is 42.5 Å². The molecule has 4 heteroatoms. The maximum atomic E-state index is 12.1. The molecule has 0 atom stereocenters. The number of rotatable bonds is 7. The molecule has 110 valence electrons. The van der Waals surface area contributed by atoms with Crippen LogP contribution in [0.5, 0.6) is 0 Å². The molecule has 0 aromatic rings. The zero-order valence-electron chi connectivity index (χ0n) is 12.3. The lowest BCUT2D eigenvalue weighted by Crippen LogP contribution is -2.57. The van der Waals surface area contributed by atoms with Crippen LogP contribution in [0.4, 0.5) is 0 Å². The first-order chi connectivity index (χ1) is 9.20. The van der Waals surface area contributed by atoms with E-state index in [0.29, 0.717) is 13.1 Å². The van der Waals surface area contributed by atoms with Crippen molar-refractivity contribution in [2.75, 3.05) is 26.2 Å². The van der Waals surface area contributed by atoms with E-state index in [1.165, 1.54) is 32.1 Å². The smallest absolute Gasteiger partial charge is 0.234 e. The number of nitrogens with one attached hydrogen (secondary N) is 1. The average Bonchev–Trinajstić information content (AvgIpc) is 3.27. The van der Waals surface area contributed by atoms with Gasteiger partial charge < -0.3 is 11.1 Å². The molecule has 2 saturated carbocycles. The summed E-state index contributed by atoms with van der Waals surface area (Å²) in [5, 5.41) is 3.07. The molecule has 0 radical (unpaired) electrons. The van der Waals surface area contributed by atoms with Crippen LogP contribution in [0.3, 0.4) is 0 Å². The van der Waals surface area contributed by atoms with Crippen molar-refractivity contribution in [2.24, 2.45) is 11.7 Å². The molecule has 4 nitrogen and oxygen atoms in total. The second-order valence-electron chi connectivity index (χ2n) is 6.25. The molecule has 2 rings (SSSR count). The molecule has 0 saturated heterocycles. The third-order valence-corrected chi connectivity index (χ3v) is 4.84. The minimum absolute atomic E-state index is 0.0733. The summed E-state index contributed by atoms with van der Waals surface area (Å²) in [5.41, 5.74) is 6.12. The molecule has 0 heterocycles. The highest BCUT2D eigenvalue weighted by molar-refractivity contribution is 5.78. The fourth-order valence-corrected chi connectivity index (χ4v) is 3.28. The van der Waals surface area contributed by atoms with Crippen molar-refractivity contribution in [2.45, 2.75) is 57.4 Å². The zero-order valence-corrected chi connectivity index (χ0v) is 12.3. The van der Waals surface area contributed by atoms with Crippen LogP contribution in [0.15, 0.2) is 0 Å². The van der Waals surface area contributed by atoms with Gasteiger partial charge in [0.15, 0.2) is 0 Å². The number of carbonyl (C=O) groups is 1. The minimum atomic E-state index is 0.0733. The summed E-state index contributed by atoms with van der Waals surface area (Å²) in [5.74, 6) is 0.921. The monoisotopic (exact) mass is 267 g/mol. The van der Waals surface area contributed by atoms with E-state index >= 15 is 0 Å². The van der Waals surface area contributed by atoms with Crippen molar-refractivity contribution in [3.05, 3.63) is 0 Å². The highest BCUT2D eigenvalue weighted by Gasteiger charge is 2.36. The van der Waals surface area contributed by atoms with Gasteiger partial charge in [-0.3, -0.25) is 9.69 Å². The van der Waals surface area contributed by atoms with Crippen LogP contribution >= 0.6 is 0 Å². The van der Waals surface area contributed by atoms with E-state index in [1.54, 1.807) is 0 Å². The SMILES string of the molecule is CCN(CC(=O)NCC1CC1)C1(CN)CCCCC1. The maximum absolute atomic E-state index is 12.1. The second kappa shape index (κ2) is 6.71.